The van der Waals surface area contributed by atoms with Crippen molar-refractivity contribution in [2.45, 2.75) is 65.1 Å². The molecule has 6 heterocycles. The van der Waals surface area contributed by atoms with E-state index in [0.29, 0.717) is 56.4 Å². The summed E-state index contributed by atoms with van der Waals surface area (Å²) in [5.74, 6) is -0.394. The van der Waals surface area contributed by atoms with E-state index >= 15 is 0 Å². The minimum Gasteiger partial charge on any atom is -0.444 e. The van der Waals surface area contributed by atoms with Gasteiger partial charge >= 0.3 is 6.09 Å². The number of carbonyl (C=O) groups excluding carboxylic acids is 3. The first kappa shape index (κ1) is 36.3. The Morgan fingerprint density at radius 2 is 1.37 bits per heavy atom. The Bertz CT molecular complexity index is 1860. The Labute approximate surface area is 300 Å². The Hall–Kier alpha value is -4.03. The average molecular weight is 807 g/mol. The highest BCUT2D eigenvalue weighted by atomic mass is 79.9. The van der Waals surface area contributed by atoms with Gasteiger partial charge in [0.05, 0.1) is 47.3 Å². The molecule has 0 unspecified atom stereocenters. The van der Waals surface area contributed by atoms with Gasteiger partial charge in [-0.3, -0.25) is 9.59 Å². The molecule has 6 rings (SSSR count). The lowest BCUT2D eigenvalue weighted by Gasteiger charge is -2.24. The zero-order valence-electron chi connectivity index (χ0n) is 28.0. The fourth-order valence-corrected chi connectivity index (χ4v) is 6.82. The van der Waals surface area contributed by atoms with Crippen molar-refractivity contribution >= 4 is 72.4 Å². The number of hydrogen-bond acceptors (Lipinski definition) is 11. The lowest BCUT2D eigenvalue weighted by atomic mass is 10.0. The number of nitrogens with zero attached hydrogens (tertiary/aromatic N) is 7. The predicted molar refractivity (Wildman–Crippen MR) is 191 cm³/mol. The maximum absolute atomic E-state index is 12.5. The molecule has 0 saturated carbocycles. The van der Waals surface area contributed by atoms with Crippen LogP contribution < -0.4 is 27.4 Å². The number of primary amides is 2. The van der Waals surface area contributed by atoms with Gasteiger partial charge in [-0.15, -0.1) is 0 Å². The van der Waals surface area contributed by atoms with Crippen molar-refractivity contribution in [3.05, 3.63) is 45.1 Å². The van der Waals surface area contributed by atoms with Crippen LogP contribution in [0, 0.1) is 11.8 Å². The number of halogens is 2. The number of imidazole rings is 2. The normalized spacial score (nSPS) is 20.7. The SMILES string of the molecule is CC[C@H]1CN(C(=O)OC(C)(C)C)C[C@H]1Nc1c(C(N)=O)cnn2cc(Br)nc12.CC[C@H]1CNC[C@H]1Nc1c(C(N)=O)cnn2cc(Br)nc12. The topological polar surface area (TPSA) is 212 Å². The van der Waals surface area contributed by atoms with Crippen LogP contribution in [0.2, 0.25) is 0 Å². The number of ether oxygens (including phenoxy) is 1. The quantitative estimate of drug-likeness (QED) is 0.174. The third kappa shape index (κ3) is 8.24. The first-order valence-electron chi connectivity index (χ1n) is 16.1. The van der Waals surface area contributed by atoms with E-state index < -0.39 is 17.4 Å². The number of fused-ring (bicyclic) bond motifs is 2. The number of anilines is 2. The molecule has 2 fully saturated rings. The van der Waals surface area contributed by atoms with Gasteiger partial charge < -0.3 is 37.1 Å². The third-order valence-corrected chi connectivity index (χ3v) is 9.36. The number of likely N-dealkylation sites (tertiary alicyclic amines) is 1. The molecule has 4 aromatic heterocycles. The Morgan fingerprint density at radius 1 is 0.857 bits per heavy atom. The van der Waals surface area contributed by atoms with Crippen molar-refractivity contribution in [3.8, 4) is 0 Å². The van der Waals surface area contributed by atoms with E-state index in [9.17, 15) is 14.4 Å². The van der Waals surface area contributed by atoms with E-state index in [2.05, 4.69) is 81.8 Å². The molecule has 18 heteroatoms. The fourth-order valence-electron chi connectivity index (χ4n) is 6.10. The molecule has 0 bridgehead atoms. The third-order valence-electron chi connectivity index (χ3n) is 8.60. The second-order valence-electron chi connectivity index (χ2n) is 13.1. The maximum Gasteiger partial charge on any atom is 0.410 e. The van der Waals surface area contributed by atoms with E-state index in [1.54, 1.807) is 26.3 Å². The minimum absolute atomic E-state index is 0.0720. The zero-order chi connectivity index (χ0) is 35.6. The van der Waals surface area contributed by atoms with Crippen molar-refractivity contribution in [2.24, 2.45) is 23.3 Å². The summed E-state index contributed by atoms with van der Waals surface area (Å²) in [5.41, 5.74) is 13.3. The molecule has 3 amide bonds. The smallest absolute Gasteiger partial charge is 0.410 e. The number of hydrogen-bond donors (Lipinski definition) is 5. The monoisotopic (exact) mass is 804 g/mol. The van der Waals surface area contributed by atoms with Crippen LogP contribution in [0.1, 0.15) is 68.2 Å². The van der Waals surface area contributed by atoms with Gasteiger partial charge in [-0.1, -0.05) is 20.3 Å². The van der Waals surface area contributed by atoms with Gasteiger partial charge in [0.2, 0.25) is 0 Å². The minimum atomic E-state index is -0.591. The molecule has 2 saturated heterocycles. The number of aromatic nitrogens is 6. The molecule has 0 radical (unpaired) electrons. The van der Waals surface area contributed by atoms with Crippen LogP contribution in [0.15, 0.2) is 34.0 Å². The summed E-state index contributed by atoms with van der Waals surface area (Å²) in [5, 5.41) is 18.6. The molecule has 2 aliphatic heterocycles. The molecule has 0 aliphatic carbocycles. The Balaban J connectivity index is 0.000000199. The standard InChI is InChI=1S/C18H25BrN6O3.C13H17BrN6O/c1-5-10-7-24(17(27)28-18(2,3)4)8-12(10)22-14-11(15(20)26)6-21-25-9-13(19)23-16(14)25;1-2-7-3-16-5-9(7)18-11-8(12(15)21)4-17-20-6-10(14)19-13(11)20/h6,9-10,12,22H,5,7-8H2,1-4H3,(H2,20,26);4,6-7,9,16,18H,2-3,5H2,1H3,(H2,15,21)/t10-,12+;7-,9+/m00/s1. The highest BCUT2D eigenvalue weighted by Crippen LogP contribution is 2.30. The summed E-state index contributed by atoms with van der Waals surface area (Å²) in [6.45, 7) is 12.6. The average Bonchev–Trinajstić information content (AvgIpc) is 3.81. The summed E-state index contributed by atoms with van der Waals surface area (Å²) in [6.07, 6.45) is 7.94. The molecule has 4 atom stereocenters. The fraction of sp³-hybridized carbons (Fsp3) is 0.516. The van der Waals surface area contributed by atoms with Gasteiger partial charge in [0.15, 0.2) is 11.3 Å². The summed E-state index contributed by atoms with van der Waals surface area (Å²) in [7, 11) is 0. The van der Waals surface area contributed by atoms with E-state index in [1.807, 2.05) is 20.8 Å². The summed E-state index contributed by atoms with van der Waals surface area (Å²) in [4.78, 5) is 46.6. The van der Waals surface area contributed by atoms with Gasteiger partial charge in [-0.25, -0.2) is 23.8 Å². The van der Waals surface area contributed by atoms with Crippen LogP contribution in [0.25, 0.3) is 11.3 Å². The molecular formula is C31H42Br2N12O4. The van der Waals surface area contributed by atoms with Gasteiger partial charge in [0.1, 0.15) is 14.8 Å². The van der Waals surface area contributed by atoms with Crippen LogP contribution >= 0.6 is 31.9 Å². The maximum atomic E-state index is 12.5. The van der Waals surface area contributed by atoms with Crippen LogP contribution in [0.4, 0.5) is 16.2 Å². The first-order chi connectivity index (χ1) is 23.2. The second kappa shape index (κ2) is 14.8. The van der Waals surface area contributed by atoms with Gasteiger partial charge in [-0.05, 0) is 70.9 Å². The van der Waals surface area contributed by atoms with Crippen molar-refractivity contribution in [2.75, 3.05) is 36.8 Å². The van der Waals surface area contributed by atoms with E-state index in [1.165, 1.54) is 12.4 Å². The molecule has 2 aliphatic rings. The molecule has 16 nitrogen and oxygen atoms in total. The van der Waals surface area contributed by atoms with Gasteiger partial charge in [0.25, 0.3) is 11.8 Å². The van der Waals surface area contributed by atoms with Crippen LogP contribution in [-0.2, 0) is 4.74 Å². The van der Waals surface area contributed by atoms with E-state index in [-0.39, 0.29) is 29.7 Å². The highest BCUT2D eigenvalue weighted by Gasteiger charge is 2.37. The highest BCUT2D eigenvalue weighted by molar-refractivity contribution is 9.10. The molecule has 4 aromatic rings. The largest absolute Gasteiger partial charge is 0.444 e. The lowest BCUT2D eigenvalue weighted by molar-refractivity contribution is 0.0287. The van der Waals surface area contributed by atoms with Gasteiger partial charge in [-0.2, -0.15) is 10.2 Å². The lowest BCUT2D eigenvalue weighted by Crippen LogP contribution is -2.36. The summed E-state index contributed by atoms with van der Waals surface area (Å²) in [6, 6.07) is 0.173. The number of nitrogens with one attached hydrogen (secondary N) is 3. The van der Waals surface area contributed by atoms with E-state index in [0.717, 1.165) is 25.9 Å². The predicted octanol–water partition coefficient (Wildman–Crippen LogP) is 3.65. The molecule has 264 valence electrons. The second-order valence-corrected chi connectivity index (χ2v) is 14.8. The van der Waals surface area contributed by atoms with E-state index in [4.69, 9.17) is 16.2 Å². The van der Waals surface area contributed by atoms with Crippen molar-refractivity contribution in [1.29, 1.82) is 0 Å². The molecular weight excluding hydrogens is 764 g/mol. The number of nitrogens with two attached hydrogens (primary N) is 2. The van der Waals surface area contributed by atoms with Crippen LogP contribution in [-0.4, -0.2) is 95.9 Å². The van der Waals surface area contributed by atoms with Crippen molar-refractivity contribution in [3.63, 3.8) is 0 Å². The summed E-state index contributed by atoms with van der Waals surface area (Å²) < 4.78 is 9.96. The van der Waals surface area contributed by atoms with Crippen LogP contribution in [0.3, 0.4) is 0 Å². The number of rotatable bonds is 8. The van der Waals surface area contributed by atoms with Crippen molar-refractivity contribution < 1.29 is 19.1 Å². The Kier molecular flexibility index (Phi) is 11.0. The first-order valence-corrected chi connectivity index (χ1v) is 17.7. The van der Waals surface area contributed by atoms with Crippen molar-refractivity contribution in [1.82, 2.24) is 39.4 Å². The molecule has 0 spiro atoms. The molecule has 0 aromatic carbocycles. The molecule has 49 heavy (non-hydrogen) atoms. The number of amides is 3. The molecule has 7 N–H and O–H groups in total. The van der Waals surface area contributed by atoms with Gasteiger partial charge in [0, 0.05) is 38.3 Å². The zero-order valence-corrected chi connectivity index (χ0v) is 31.2. The van der Waals surface area contributed by atoms with Crippen LogP contribution in [0.5, 0.6) is 0 Å². The number of carbonyl (C=O) groups is 3. The summed E-state index contributed by atoms with van der Waals surface area (Å²) >= 11 is 6.66. The Morgan fingerprint density at radius 3 is 1.84 bits per heavy atom.